The van der Waals surface area contributed by atoms with E-state index in [-0.39, 0.29) is 11.4 Å². The van der Waals surface area contributed by atoms with E-state index in [4.69, 9.17) is 4.74 Å². The third-order valence-electron chi connectivity index (χ3n) is 3.86. The fourth-order valence-electron chi connectivity index (χ4n) is 2.50. The molecule has 0 bridgehead atoms. The second-order valence-corrected chi connectivity index (χ2v) is 9.48. The standard InChI is InChI=1S/C18H19NO4S3/c1-12-10-13(23-2)5-8-18(12)26(21,22)19-11-14(20)15-6-7-17(25-15)16-4-3-9-24-16/h3-10,14,19-20H,11H2,1-2H3/t14-/m1/s1. The van der Waals surface area contributed by atoms with Crippen LogP contribution in [-0.2, 0) is 10.0 Å². The van der Waals surface area contributed by atoms with Crippen LogP contribution >= 0.6 is 22.7 Å². The van der Waals surface area contributed by atoms with Gasteiger partial charge < -0.3 is 9.84 Å². The molecule has 0 saturated heterocycles. The van der Waals surface area contributed by atoms with Gasteiger partial charge in [0.25, 0.3) is 0 Å². The minimum absolute atomic E-state index is 0.0851. The summed E-state index contributed by atoms with van der Waals surface area (Å²) in [6, 6.07) is 12.5. The molecule has 1 aromatic carbocycles. The molecule has 0 aliphatic rings. The molecular weight excluding hydrogens is 390 g/mol. The first-order chi connectivity index (χ1) is 12.4. The number of hydrogen-bond acceptors (Lipinski definition) is 6. The van der Waals surface area contributed by atoms with Crippen molar-refractivity contribution >= 4 is 32.7 Å². The van der Waals surface area contributed by atoms with Gasteiger partial charge in [-0.25, -0.2) is 13.1 Å². The summed E-state index contributed by atoms with van der Waals surface area (Å²) in [4.78, 5) is 3.09. The molecule has 0 aliphatic carbocycles. The van der Waals surface area contributed by atoms with Gasteiger partial charge in [-0.1, -0.05) is 6.07 Å². The molecule has 2 N–H and O–H groups in total. The SMILES string of the molecule is COc1ccc(S(=O)(=O)NC[C@@H](O)c2ccc(-c3cccs3)s2)c(C)c1. The quantitative estimate of drug-likeness (QED) is 0.622. The predicted molar refractivity (Wildman–Crippen MR) is 106 cm³/mol. The van der Waals surface area contributed by atoms with Gasteiger partial charge in [0.15, 0.2) is 0 Å². The monoisotopic (exact) mass is 409 g/mol. The number of sulfonamides is 1. The van der Waals surface area contributed by atoms with Gasteiger partial charge in [0.1, 0.15) is 11.9 Å². The third kappa shape index (κ3) is 4.16. The van der Waals surface area contributed by atoms with Crippen molar-refractivity contribution < 1.29 is 18.3 Å². The van der Waals surface area contributed by atoms with Gasteiger partial charge in [0.05, 0.1) is 12.0 Å². The van der Waals surface area contributed by atoms with Crippen LogP contribution in [0.5, 0.6) is 5.75 Å². The molecule has 0 fully saturated rings. The van der Waals surface area contributed by atoms with Crippen molar-refractivity contribution in [1.82, 2.24) is 4.72 Å². The number of rotatable bonds is 7. The van der Waals surface area contributed by atoms with E-state index < -0.39 is 16.1 Å². The highest BCUT2D eigenvalue weighted by atomic mass is 32.2. The summed E-state index contributed by atoms with van der Waals surface area (Å²) in [6.45, 7) is 1.62. The average molecular weight is 410 g/mol. The van der Waals surface area contributed by atoms with Crippen molar-refractivity contribution in [3.8, 4) is 15.5 Å². The van der Waals surface area contributed by atoms with Gasteiger partial charge in [0, 0.05) is 21.2 Å². The molecule has 0 aliphatic heterocycles. The summed E-state index contributed by atoms with van der Waals surface area (Å²) < 4.78 is 32.6. The highest BCUT2D eigenvalue weighted by molar-refractivity contribution is 7.89. The van der Waals surface area contributed by atoms with Crippen LogP contribution in [0.2, 0.25) is 0 Å². The zero-order valence-corrected chi connectivity index (χ0v) is 16.7. The van der Waals surface area contributed by atoms with Crippen LogP contribution in [0.4, 0.5) is 0 Å². The van der Waals surface area contributed by atoms with Crippen molar-refractivity contribution in [1.29, 1.82) is 0 Å². The first-order valence-corrected chi connectivity index (χ1v) is 11.0. The van der Waals surface area contributed by atoms with Crippen LogP contribution in [0.25, 0.3) is 9.75 Å². The van der Waals surface area contributed by atoms with E-state index in [1.54, 1.807) is 30.4 Å². The lowest BCUT2D eigenvalue weighted by Crippen LogP contribution is -2.28. The first-order valence-electron chi connectivity index (χ1n) is 7.86. The van der Waals surface area contributed by atoms with Gasteiger partial charge in [0.2, 0.25) is 10.0 Å². The summed E-state index contributed by atoms with van der Waals surface area (Å²) in [5, 5.41) is 12.4. The van der Waals surface area contributed by atoms with Gasteiger partial charge in [-0.15, -0.1) is 22.7 Å². The molecule has 1 atom stereocenters. The molecule has 138 valence electrons. The number of nitrogens with one attached hydrogen (secondary N) is 1. The molecule has 0 radical (unpaired) electrons. The Hall–Kier alpha value is -1.71. The zero-order valence-electron chi connectivity index (χ0n) is 14.3. The molecule has 8 heteroatoms. The van der Waals surface area contributed by atoms with E-state index in [1.165, 1.54) is 24.5 Å². The first kappa shape index (κ1) is 19.1. The summed E-state index contributed by atoms with van der Waals surface area (Å²) in [6.07, 6.45) is -0.901. The van der Waals surface area contributed by atoms with Crippen LogP contribution in [-0.4, -0.2) is 27.2 Å². The Labute approximate surface area is 161 Å². The normalized spacial score (nSPS) is 12.9. The lowest BCUT2D eigenvalue weighted by atomic mass is 10.2. The van der Waals surface area contributed by atoms with Gasteiger partial charge in [-0.3, -0.25) is 0 Å². The van der Waals surface area contributed by atoms with Crippen LogP contribution in [0, 0.1) is 6.92 Å². The number of benzene rings is 1. The Morgan fingerprint density at radius 3 is 2.65 bits per heavy atom. The van der Waals surface area contributed by atoms with Crippen molar-refractivity contribution in [2.75, 3.05) is 13.7 Å². The van der Waals surface area contributed by atoms with E-state index in [9.17, 15) is 13.5 Å². The van der Waals surface area contributed by atoms with Crippen molar-refractivity contribution in [2.24, 2.45) is 0 Å². The van der Waals surface area contributed by atoms with E-state index in [2.05, 4.69) is 4.72 Å². The van der Waals surface area contributed by atoms with Crippen LogP contribution in [0.15, 0.2) is 52.7 Å². The summed E-state index contributed by atoms with van der Waals surface area (Å²) >= 11 is 3.09. The van der Waals surface area contributed by atoms with E-state index in [0.29, 0.717) is 11.3 Å². The molecule has 0 spiro atoms. The highest BCUT2D eigenvalue weighted by Gasteiger charge is 2.20. The number of ether oxygens (including phenoxy) is 1. The van der Waals surface area contributed by atoms with E-state index >= 15 is 0 Å². The van der Waals surface area contributed by atoms with E-state index in [0.717, 1.165) is 14.6 Å². The highest BCUT2D eigenvalue weighted by Crippen LogP contribution is 2.34. The molecule has 3 aromatic rings. The fraction of sp³-hybridized carbons (Fsp3) is 0.222. The molecule has 3 rings (SSSR count). The average Bonchev–Trinajstić information content (AvgIpc) is 3.30. The molecular formula is C18H19NO4S3. The summed E-state index contributed by atoms with van der Waals surface area (Å²) in [7, 11) is -2.18. The number of aliphatic hydroxyl groups is 1. The van der Waals surface area contributed by atoms with Crippen LogP contribution in [0.3, 0.4) is 0 Å². The zero-order chi connectivity index (χ0) is 18.7. The Balaban J connectivity index is 1.69. The molecule has 0 unspecified atom stereocenters. The molecule has 0 saturated carbocycles. The topological polar surface area (TPSA) is 75.6 Å². The largest absolute Gasteiger partial charge is 0.497 e. The van der Waals surface area contributed by atoms with Crippen molar-refractivity contribution in [2.45, 2.75) is 17.9 Å². The molecule has 0 amide bonds. The number of thiophene rings is 2. The molecule has 26 heavy (non-hydrogen) atoms. The number of aliphatic hydroxyl groups excluding tert-OH is 1. The minimum atomic E-state index is -3.71. The molecule has 2 aromatic heterocycles. The third-order valence-corrected chi connectivity index (χ3v) is 7.69. The lowest BCUT2D eigenvalue weighted by molar-refractivity contribution is 0.186. The molecule has 5 nitrogen and oxygen atoms in total. The number of hydrogen-bond donors (Lipinski definition) is 2. The van der Waals surface area contributed by atoms with Crippen LogP contribution in [0.1, 0.15) is 16.5 Å². The summed E-state index contributed by atoms with van der Waals surface area (Å²) in [5.41, 5.74) is 0.586. The van der Waals surface area contributed by atoms with Gasteiger partial charge >= 0.3 is 0 Å². The van der Waals surface area contributed by atoms with Crippen molar-refractivity contribution in [3.63, 3.8) is 0 Å². The van der Waals surface area contributed by atoms with Crippen LogP contribution < -0.4 is 9.46 Å². The Bertz CT molecular complexity index is 978. The number of methoxy groups -OCH3 is 1. The molecule has 2 heterocycles. The second-order valence-electron chi connectivity index (χ2n) is 5.68. The van der Waals surface area contributed by atoms with Crippen molar-refractivity contribution in [3.05, 3.63) is 58.3 Å². The Morgan fingerprint density at radius 1 is 1.19 bits per heavy atom. The maximum absolute atomic E-state index is 12.5. The second kappa shape index (κ2) is 7.89. The predicted octanol–water partition coefficient (Wildman–Crippen LogP) is 3.81. The lowest BCUT2D eigenvalue weighted by Gasteiger charge is -2.13. The van der Waals surface area contributed by atoms with Gasteiger partial charge in [-0.05, 0) is 54.3 Å². The smallest absolute Gasteiger partial charge is 0.240 e. The minimum Gasteiger partial charge on any atom is -0.497 e. The Morgan fingerprint density at radius 2 is 2.00 bits per heavy atom. The maximum Gasteiger partial charge on any atom is 0.240 e. The maximum atomic E-state index is 12.5. The van der Waals surface area contributed by atoms with E-state index in [1.807, 2.05) is 29.6 Å². The Kier molecular flexibility index (Phi) is 5.79. The van der Waals surface area contributed by atoms with Gasteiger partial charge in [-0.2, -0.15) is 0 Å². The number of aryl methyl sites for hydroxylation is 1. The summed E-state index contributed by atoms with van der Waals surface area (Å²) in [5.74, 6) is 0.598. The fourth-order valence-corrected chi connectivity index (χ4v) is 5.59.